The summed E-state index contributed by atoms with van der Waals surface area (Å²) in [7, 11) is 0. The number of nitrogens with one attached hydrogen (secondary N) is 1. The van der Waals surface area contributed by atoms with E-state index in [1.807, 2.05) is 30.3 Å². The molecule has 1 amide bonds. The number of piperazine rings is 1. The Labute approximate surface area is 157 Å². The highest BCUT2D eigenvalue weighted by Crippen LogP contribution is 2.19. The lowest BCUT2D eigenvalue weighted by Crippen LogP contribution is -2.48. The number of hydrogen-bond acceptors (Lipinski definition) is 4. The predicted octanol–water partition coefficient (Wildman–Crippen LogP) is 3.63. The number of halogens is 1. The minimum atomic E-state index is -0.129. The van der Waals surface area contributed by atoms with Gasteiger partial charge in [0.15, 0.2) is 0 Å². The first-order valence-electron chi connectivity index (χ1n) is 8.54. The highest BCUT2D eigenvalue weighted by molar-refractivity contribution is 9.10. The maximum Gasteiger partial charge on any atom is 0.255 e. The van der Waals surface area contributed by atoms with Crippen LogP contribution >= 0.6 is 15.9 Å². The van der Waals surface area contributed by atoms with E-state index >= 15 is 0 Å². The summed E-state index contributed by atoms with van der Waals surface area (Å²) in [5.74, 6) is -0.129. The van der Waals surface area contributed by atoms with Crippen molar-refractivity contribution in [2.45, 2.75) is 19.9 Å². The molecule has 25 heavy (non-hydrogen) atoms. The Morgan fingerprint density at radius 2 is 1.80 bits per heavy atom. The largest absolute Gasteiger partial charge is 0.369 e. The van der Waals surface area contributed by atoms with Gasteiger partial charge < -0.3 is 10.2 Å². The van der Waals surface area contributed by atoms with Crippen molar-refractivity contribution in [3.05, 3.63) is 52.8 Å². The number of amides is 1. The van der Waals surface area contributed by atoms with E-state index < -0.39 is 0 Å². The van der Waals surface area contributed by atoms with Crippen molar-refractivity contribution in [3.63, 3.8) is 0 Å². The number of benzene rings is 1. The van der Waals surface area contributed by atoms with Crippen LogP contribution in [0, 0.1) is 0 Å². The molecule has 3 rings (SSSR count). The Morgan fingerprint density at radius 3 is 2.40 bits per heavy atom. The number of carbonyl (C=O) groups is 1. The van der Waals surface area contributed by atoms with E-state index in [-0.39, 0.29) is 5.91 Å². The van der Waals surface area contributed by atoms with Crippen LogP contribution < -0.4 is 10.2 Å². The van der Waals surface area contributed by atoms with Gasteiger partial charge in [0, 0.05) is 54.1 Å². The van der Waals surface area contributed by atoms with Gasteiger partial charge in [-0.2, -0.15) is 0 Å². The second kappa shape index (κ2) is 7.97. The highest BCUT2D eigenvalue weighted by atomic mass is 79.9. The molecule has 0 aliphatic carbocycles. The molecule has 1 N–H and O–H groups in total. The Bertz CT molecular complexity index is 724. The molecule has 0 bridgehead atoms. The molecule has 5 nitrogen and oxygen atoms in total. The summed E-state index contributed by atoms with van der Waals surface area (Å²) < 4.78 is 0.834. The van der Waals surface area contributed by atoms with Crippen molar-refractivity contribution in [1.82, 2.24) is 9.88 Å². The molecule has 0 saturated carbocycles. The third kappa shape index (κ3) is 4.58. The first-order valence-corrected chi connectivity index (χ1v) is 9.33. The predicted molar refractivity (Wildman–Crippen MR) is 105 cm³/mol. The zero-order valence-electron chi connectivity index (χ0n) is 14.6. The van der Waals surface area contributed by atoms with Crippen molar-refractivity contribution in [3.8, 4) is 0 Å². The van der Waals surface area contributed by atoms with Crippen LogP contribution in [0.3, 0.4) is 0 Å². The maximum absolute atomic E-state index is 12.4. The molecule has 1 aliphatic rings. The van der Waals surface area contributed by atoms with E-state index in [4.69, 9.17) is 0 Å². The van der Waals surface area contributed by atoms with Crippen molar-refractivity contribution in [2.75, 3.05) is 36.4 Å². The van der Waals surface area contributed by atoms with Gasteiger partial charge in [-0.15, -0.1) is 0 Å². The minimum Gasteiger partial charge on any atom is -0.369 e. The number of nitrogens with zero attached hydrogens (tertiary/aromatic N) is 3. The van der Waals surface area contributed by atoms with Gasteiger partial charge in [0.05, 0.1) is 11.9 Å². The summed E-state index contributed by atoms with van der Waals surface area (Å²) in [6.07, 6.45) is 3.31. The number of aromatic nitrogens is 1. The van der Waals surface area contributed by atoms with Crippen LogP contribution in [0.4, 0.5) is 11.4 Å². The lowest BCUT2D eigenvalue weighted by Gasteiger charge is -2.38. The SMILES string of the molecule is CC(C)N1CCN(c2ccc(C(=O)Nc3cncc(Br)c3)cc2)CC1. The fourth-order valence-corrected chi connectivity index (χ4v) is 3.37. The summed E-state index contributed by atoms with van der Waals surface area (Å²) in [5.41, 5.74) is 2.49. The Morgan fingerprint density at radius 1 is 1.12 bits per heavy atom. The molecule has 2 aromatic rings. The van der Waals surface area contributed by atoms with E-state index in [9.17, 15) is 4.79 Å². The van der Waals surface area contributed by atoms with Crippen LogP contribution in [-0.2, 0) is 0 Å². The molecular formula is C19H23BrN4O. The maximum atomic E-state index is 12.4. The first-order chi connectivity index (χ1) is 12.0. The van der Waals surface area contributed by atoms with Gasteiger partial charge in [0.1, 0.15) is 0 Å². The first kappa shape index (κ1) is 17.9. The van der Waals surface area contributed by atoms with Gasteiger partial charge in [-0.25, -0.2) is 0 Å². The molecule has 2 heterocycles. The third-order valence-corrected chi connectivity index (χ3v) is 4.94. The molecule has 0 atom stereocenters. The zero-order valence-corrected chi connectivity index (χ0v) is 16.2. The highest BCUT2D eigenvalue weighted by Gasteiger charge is 2.19. The molecular weight excluding hydrogens is 380 g/mol. The lowest BCUT2D eigenvalue weighted by molar-refractivity contribution is 0.102. The Hall–Kier alpha value is -1.92. The number of hydrogen-bond donors (Lipinski definition) is 1. The van der Waals surface area contributed by atoms with Gasteiger partial charge in [-0.1, -0.05) is 0 Å². The molecule has 1 aliphatic heterocycles. The summed E-state index contributed by atoms with van der Waals surface area (Å²) in [6.45, 7) is 8.68. The molecule has 6 heteroatoms. The van der Waals surface area contributed by atoms with Crippen LogP contribution in [0.25, 0.3) is 0 Å². The summed E-state index contributed by atoms with van der Waals surface area (Å²) in [5, 5.41) is 2.86. The summed E-state index contributed by atoms with van der Waals surface area (Å²) >= 11 is 3.35. The molecule has 0 radical (unpaired) electrons. The summed E-state index contributed by atoms with van der Waals surface area (Å²) in [6, 6.07) is 10.2. The third-order valence-electron chi connectivity index (χ3n) is 4.50. The molecule has 1 fully saturated rings. The fourth-order valence-electron chi connectivity index (χ4n) is 3.00. The van der Waals surface area contributed by atoms with Crippen molar-refractivity contribution >= 4 is 33.2 Å². The summed E-state index contributed by atoms with van der Waals surface area (Å²) in [4.78, 5) is 21.3. The van der Waals surface area contributed by atoms with E-state index in [0.29, 0.717) is 17.3 Å². The normalized spacial score (nSPS) is 15.4. The molecule has 1 aromatic heterocycles. The molecule has 1 aromatic carbocycles. The smallest absolute Gasteiger partial charge is 0.255 e. The Balaban J connectivity index is 1.61. The van der Waals surface area contributed by atoms with Gasteiger partial charge in [-0.3, -0.25) is 14.7 Å². The van der Waals surface area contributed by atoms with Crippen molar-refractivity contribution < 1.29 is 4.79 Å². The van der Waals surface area contributed by atoms with E-state index in [1.54, 1.807) is 12.4 Å². The van der Waals surface area contributed by atoms with Gasteiger partial charge in [-0.05, 0) is 60.1 Å². The minimum absolute atomic E-state index is 0.129. The second-order valence-electron chi connectivity index (χ2n) is 6.51. The average Bonchev–Trinajstić information content (AvgIpc) is 2.62. The van der Waals surface area contributed by atoms with Gasteiger partial charge >= 0.3 is 0 Å². The van der Waals surface area contributed by atoms with Gasteiger partial charge in [0.25, 0.3) is 5.91 Å². The lowest BCUT2D eigenvalue weighted by atomic mass is 10.1. The molecule has 132 valence electrons. The Kier molecular flexibility index (Phi) is 5.71. The number of rotatable bonds is 4. The van der Waals surface area contributed by atoms with Gasteiger partial charge in [0.2, 0.25) is 0 Å². The fraction of sp³-hybridized carbons (Fsp3) is 0.368. The monoisotopic (exact) mass is 402 g/mol. The van der Waals surface area contributed by atoms with E-state index in [0.717, 1.165) is 30.7 Å². The molecule has 1 saturated heterocycles. The standard InChI is InChI=1S/C19H23BrN4O/c1-14(2)23-7-9-24(10-8-23)18-5-3-15(4-6-18)19(25)22-17-11-16(20)12-21-13-17/h3-6,11-14H,7-10H2,1-2H3,(H,22,25). The van der Waals surface area contributed by atoms with Crippen molar-refractivity contribution in [2.24, 2.45) is 0 Å². The van der Waals surface area contributed by atoms with Crippen molar-refractivity contribution in [1.29, 1.82) is 0 Å². The molecule has 0 unspecified atom stereocenters. The second-order valence-corrected chi connectivity index (χ2v) is 7.43. The van der Waals surface area contributed by atoms with Crippen LogP contribution in [0.1, 0.15) is 24.2 Å². The molecule has 0 spiro atoms. The number of anilines is 2. The van der Waals surface area contributed by atoms with Crippen LogP contribution in [-0.4, -0.2) is 48.0 Å². The van der Waals surface area contributed by atoms with E-state index in [2.05, 4.69) is 49.9 Å². The van der Waals surface area contributed by atoms with Crippen LogP contribution in [0.5, 0.6) is 0 Å². The van der Waals surface area contributed by atoms with E-state index in [1.165, 1.54) is 5.69 Å². The number of carbonyl (C=O) groups excluding carboxylic acids is 1. The zero-order chi connectivity index (χ0) is 17.8. The quantitative estimate of drug-likeness (QED) is 0.847. The topological polar surface area (TPSA) is 48.5 Å². The number of pyridine rings is 1. The average molecular weight is 403 g/mol. The van der Waals surface area contributed by atoms with Crippen LogP contribution in [0.2, 0.25) is 0 Å². The van der Waals surface area contributed by atoms with Crippen LogP contribution in [0.15, 0.2) is 47.2 Å².